The Balaban J connectivity index is 3.01. The monoisotopic (exact) mass is 252 g/mol. The van der Waals surface area contributed by atoms with Crippen molar-refractivity contribution in [3.63, 3.8) is 0 Å². The molecule has 0 saturated carbocycles. The predicted molar refractivity (Wildman–Crippen MR) is 75.0 cm³/mol. The Morgan fingerprint density at radius 3 is 2.22 bits per heavy atom. The van der Waals surface area contributed by atoms with Crippen LogP contribution in [0.4, 0.5) is 11.6 Å². The van der Waals surface area contributed by atoms with Crippen LogP contribution in [0.1, 0.15) is 39.4 Å². The molecule has 0 aliphatic heterocycles. The molecule has 0 unspecified atom stereocenters. The molecule has 102 valence electrons. The molecule has 1 heterocycles. The number of aliphatic hydroxyl groups excluding tert-OH is 1. The number of rotatable bonds is 7. The summed E-state index contributed by atoms with van der Waals surface area (Å²) < 4.78 is 0. The molecular formula is C13H24N4O. The van der Waals surface area contributed by atoms with Crippen LogP contribution in [0.25, 0.3) is 0 Å². The molecule has 5 heteroatoms. The molecular weight excluding hydrogens is 228 g/mol. The largest absolute Gasteiger partial charge is 0.394 e. The molecule has 0 radical (unpaired) electrons. The summed E-state index contributed by atoms with van der Waals surface area (Å²) in [5.74, 6) is 2.36. The van der Waals surface area contributed by atoms with Crippen LogP contribution in [0.15, 0.2) is 6.07 Å². The smallest absolute Gasteiger partial charge is 0.132 e. The van der Waals surface area contributed by atoms with Crippen LogP contribution in [0, 0.1) is 0 Å². The summed E-state index contributed by atoms with van der Waals surface area (Å²) in [6, 6.07) is 1.87. The summed E-state index contributed by atoms with van der Waals surface area (Å²) in [5.41, 5.74) is -0.301. The predicted octanol–water partition coefficient (Wildman–Crippen LogP) is 2.04. The van der Waals surface area contributed by atoms with Crippen molar-refractivity contribution in [1.82, 2.24) is 9.97 Å². The van der Waals surface area contributed by atoms with Crippen molar-refractivity contribution in [2.45, 2.75) is 45.6 Å². The van der Waals surface area contributed by atoms with Gasteiger partial charge in [-0.05, 0) is 12.8 Å². The number of aromatic nitrogens is 2. The van der Waals surface area contributed by atoms with Gasteiger partial charge in [0, 0.05) is 19.5 Å². The van der Waals surface area contributed by atoms with E-state index in [4.69, 9.17) is 0 Å². The fraction of sp³-hybridized carbons (Fsp3) is 0.692. The van der Waals surface area contributed by atoms with Gasteiger partial charge in [0.2, 0.25) is 0 Å². The molecule has 5 nitrogen and oxygen atoms in total. The van der Waals surface area contributed by atoms with Gasteiger partial charge in [0.1, 0.15) is 17.5 Å². The minimum atomic E-state index is -0.301. The van der Waals surface area contributed by atoms with Gasteiger partial charge >= 0.3 is 0 Å². The molecule has 1 rings (SSSR count). The second-order valence-corrected chi connectivity index (χ2v) is 4.43. The fourth-order valence-corrected chi connectivity index (χ4v) is 1.81. The zero-order valence-electron chi connectivity index (χ0n) is 11.7. The van der Waals surface area contributed by atoms with E-state index in [0.717, 1.165) is 36.7 Å². The van der Waals surface area contributed by atoms with Crippen molar-refractivity contribution in [3.05, 3.63) is 11.9 Å². The molecule has 0 spiro atoms. The van der Waals surface area contributed by atoms with E-state index < -0.39 is 0 Å². The number of aryl methyl sites for hydroxylation is 1. The summed E-state index contributed by atoms with van der Waals surface area (Å²) in [7, 11) is 1.84. The van der Waals surface area contributed by atoms with Gasteiger partial charge in [-0.1, -0.05) is 20.8 Å². The third kappa shape index (κ3) is 3.32. The van der Waals surface area contributed by atoms with E-state index in [1.807, 2.05) is 20.0 Å². The van der Waals surface area contributed by atoms with Crippen molar-refractivity contribution >= 4 is 11.6 Å². The maximum absolute atomic E-state index is 9.57. The van der Waals surface area contributed by atoms with Crippen LogP contribution < -0.4 is 10.6 Å². The maximum Gasteiger partial charge on any atom is 0.132 e. The second-order valence-electron chi connectivity index (χ2n) is 4.43. The van der Waals surface area contributed by atoms with E-state index in [-0.39, 0.29) is 12.1 Å². The Bertz CT molecular complexity index is 347. The van der Waals surface area contributed by atoms with Crippen molar-refractivity contribution in [2.75, 3.05) is 24.3 Å². The third-order valence-electron chi connectivity index (χ3n) is 3.39. The molecule has 0 aliphatic carbocycles. The van der Waals surface area contributed by atoms with Gasteiger partial charge in [0.15, 0.2) is 0 Å². The Hall–Kier alpha value is -1.36. The second kappa shape index (κ2) is 6.54. The van der Waals surface area contributed by atoms with E-state index >= 15 is 0 Å². The fourth-order valence-electron chi connectivity index (χ4n) is 1.81. The Morgan fingerprint density at radius 2 is 1.78 bits per heavy atom. The highest BCUT2D eigenvalue weighted by Crippen LogP contribution is 2.22. The van der Waals surface area contributed by atoms with Gasteiger partial charge in [0.25, 0.3) is 0 Å². The molecule has 0 saturated heterocycles. The number of nitrogens with one attached hydrogen (secondary N) is 2. The molecule has 1 aromatic rings. The lowest BCUT2D eigenvalue weighted by Crippen LogP contribution is -2.41. The van der Waals surface area contributed by atoms with Gasteiger partial charge in [-0.2, -0.15) is 0 Å². The average Bonchev–Trinajstić information content (AvgIpc) is 2.44. The topological polar surface area (TPSA) is 70.1 Å². The molecule has 0 amide bonds. The lowest BCUT2D eigenvalue weighted by molar-refractivity contribution is 0.202. The SMILES string of the molecule is CCc1nc(NC)cc(NC(CC)(CC)CO)n1. The lowest BCUT2D eigenvalue weighted by Gasteiger charge is -2.31. The first-order valence-electron chi connectivity index (χ1n) is 6.57. The van der Waals surface area contributed by atoms with Gasteiger partial charge in [-0.3, -0.25) is 0 Å². The van der Waals surface area contributed by atoms with Crippen molar-refractivity contribution in [1.29, 1.82) is 0 Å². The first kappa shape index (κ1) is 14.7. The molecule has 0 bridgehead atoms. The molecule has 1 aromatic heterocycles. The Kier molecular flexibility index (Phi) is 5.34. The first-order valence-corrected chi connectivity index (χ1v) is 6.57. The summed E-state index contributed by atoms with van der Waals surface area (Å²) in [5, 5.41) is 15.9. The van der Waals surface area contributed by atoms with Gasteiger partial charge < -0.3 is 15.7 Å². The third-order valence-corrected chi connectivity index (χ3v) is 3.39. The minimum absolute atomic E-state index is 0.0976. The van der Waals surface area contributed by atoms with Crippen LogP contribution in [0.2, 0.25) is 0 Å². The van der Waals surface area contributed by atoms with E-state index in [1.165, 1.54) is 0 Å². The summed E-state index contributed by atoms with van der Waals surface area (Å²) >= 11 is 0. The molecule has 18 heavy (non-hydrogen) atoms. The van der Waals surface area contributed by atoms with Crippen LogP contribution in [-0.2, 0) is 6.42 Å². The quantitative estimate of drug-likeness (QED) is 0.693. The maximum atomic E-state index is 9.57. The van der Waals surface area contributed by atoms with Crippen molar-refractivity contribution in [2.24, 2.45) is 0 Å². The number of hydrogen-bond donors (Lipinski definition) is 3. The Morgan fingerprint density at radius 1 is 1.17 bits per heavy atom. The van der Waals surface area contributed by atoms with Gasteiger partial charge in [-0.15, -0.1) is 0 Å². The van der Waals surface area contributed by atoms with Crippen molar-refractivity contribution < 1.29 is 5.11 Å². The minimum Gasteiger partial charge on any atom is -0.394 e. The first-order chi connectivity index (χ1) is 8.62. The van der Waals surface area contributed by atoms with E-state index in [9.17, 15) is 5.11 Å². The normalized spacial score (nSPS) is 11.4. The van der Waals surface area contributed by atoms with Crippen LogP contribution >= 0.6 is 0 Å². The van der Waals surface area contributed by atoms with Gasteiger partial charge in [-0.25, -0.2) is 9.97 Å². The van der Waals surface area contributed by atoms with Crippen LogP contribution in [0.5, 0.6) is 0 Å². The highest BCUT2D eigenvalue weighted by atomic mass is 16.3. The number of anilines is 2. The number of nitrogens with zero attached hydrogens (tertiary/aromatic N) is 2. The highest BCUT2D eigenvalue weighted by molar-refractivity contribution is 5.48. The van der Waals surface area contributed by atoms with Crippen LogP contribution in [-0.4, -0.2) is 34.3 Å². The standard InChI is InChI=1S/C13H24N4O/c1-5-10-15-11(14-4)8-12(16-10)17-13(6-2,7-3)9-18/h8,18H,5-7,9H2,1-4H3,(H2,14,15,16,17). The van der Waals surface area contributed by atoms with Crippen LogP contribution in [0.3, 0.4) is 0 Å². The average molecular weight is 252 g/mol. The molecule has 0 aromatic carbocycles. The number of aliphatic hydroxyl groups is 1. The summed E-state index contributed by atoms with van der Waals surface area (Å²) in [6.45, 7) is 6.25. The van der Waals surface area contributed by atoms with E-state index in [0.29, 0.717) is 0 Å². The van der Waals surface area contributed by atoms with Gasteiger partial charge in [0.05, 0.1) is 12.1 Å². The Labute approximate surface area is 109 Å². The molecule has 0 atom stereocenters. The van der Waals surface area contributed by atoms with E-state index in [1.54, 1.807) is 0 Å². The summed E-state index contributed by atoms with van der Waals surface area (Å²) in [6.07, 6.45) is 2.48. The van der Waals surface area contributed by atoms with E-state index in [2.05, 4.69) is 34.4 Å². The zero-order valence-corrected chi connectivity index (χ0v) is 11.7. The zero-order chi connectivity index (χ0) is 13.6. The van der Waals surface area contributed by atoms with Crippen molar-refractivity contribution in [3.8, 4) is 0 Å². The summed E-state index contributed by atoms with van der Waals surface area (Å²) in [4.78, 5) is 8.81. The molecule has 0 aliphatic rings. The lowest BCUT2D eigenvalue weighted by atomic mass is 9.94. The number of hydrogen-bond acceptors (Lipinski definition) is 5. The molecule has 3 N–H and O–H groups in total. The highest BCUT2D eigenvalue weighted by Gasteiger charge is 2.25. The molecule has 0 fully saturated rings.